The topological polar surface area (TPSA) is 75.1 Å². The zero-order valence-corrected chi connectivity index (χ0v) is 19.4. The third-order valence-corrected chi connectivity index (χ3v) is 5.61. The van der Waals surface area contributed by atoms with Gasteiger partial charge in [0.05, 0.1) is 12.5 Å². The van der Waals surface area contributed by atoms with E-state index in [1.807, 2.05) is 0 Å². The molecule has 1 unspecified atom stereocenters. The maximum atomic E-state index is 12.5. The van der Waals surface area contributed by atoms with Crippen LogP contribution in [0.5, 0.6) is 0 Å². The van der Waals surface area contributed by atoms with Crippen molar-refractivity contribution in [2.45, 2.75) is 129 Å². The van der Waals surface area contributed by atoms with E-state index in [9.17, 15) is 4.79 Å². The first kappa shape index (κ1) is 27.8. The second-order valence-electron chi connectivity index (χ2n) is 8.35. The maximum absolute atomic E-state index is 12.5. The predicted molar refractivity (Wildman–Crippen MR) is 123 cm³/mol. The highest BCUT2D eigenvalue weighted by Crippen LogP contribution is 2.20. The Balaban J connectivity index is 3.91. The second kappa shape index (κ2) is 23.1. The lowest BCUT2D eigenvalue weighted by molar-refractivity contribution is -0.149. The fraction of sp³-hybridized carbons (Fsp3) is 0.958. The average molecular weight is 410 g/mol. The van der Waals surface area contributed by atoms with Gasteiger partial charge >= 0.3 is 5.97 Å². The molecule has 0 saturated heterocycles. The molecule has 0 saturated carbocycles. The third-order valence-electron chi connectivity index (χ3n) is 5.61. The Morgan fingerprint density at radius 3 is 1.83 bits per heavy atom. The lowest BCUT2D eigenvalue weighted by Gasteiger charge is -2.16. The summed E-state index contributed by atoms with van der Waals surface area (Å²) in [6, 6.07) is 0. The van der Waals surface area contributed by atoms with Gasteiger partial charge in [-0.2, -0.15) is 0 Å². The maximum Gasteiger partial charge on any atom is 0.308 e. The van der Waals surface area contributed by atoms with Crippen molar-refractivity contribution in [3.63, 3.8) is 0 Å². The molecule has 0 N–H and O–H groups in total. The summed E-state index contributed by atoms with van der Waals surface area (Å²) in [6.45, 7) is 5.64. The van der Waals surface area contributed by atoms with Gasteiger partial charge in [-0.1, -0.05) is 109 Å². The summed E-state index contributed by atoms with van der Waals surface area (Å²) in [7, 11) is 0. The highest BCUT2D eigenvalue weighted by molar-refractivity contribution is 5.72. The molecule has 5 heteroatoms. The normalized spacial score (nSPS) is 11.8. The molecule has 0 spiro atoms. The van der Waals surface area contributed by atoms with Gasteiger partial charge in [0.1, 0.15) is 0 Å². The lowest BCUT2D eigenvalue weighted by Crippen LogP contribution is -2.18. The largest absolute Gasteiger partial charge is 0.465 e. The molecule has 0 fully saturated rings. The number of esters is 1. The van der Waals surface area contributed by atoms with E-state index in [0.29, 0.717) is 13.2 Å². The minimum Gasteiger partial charge on any atom is -0.465 e. The number of ether oxygens (including phenoxy) is 1. The molecule has 170 valence electrons. The van der Waals surface area contributed by atoms with E-state index >= 15 is 0 Å². The van der Waals surface area contributed by atoms with Crippen LogP contribution in [-0.2, 0) is 9.53 Å². The van der Waals surface area contributed by atoms with Crippen LogP contribution in [0.25, 0.3) is 10.4 Å². The van der Waals surface area contributed by atoms with E-state index in [0.717, 1.165) is 64.2 Å². The number of azide groups is 1. The highest BCUT2D eigenvalue weighted by atomic mass is 16.5. The Morgan fingerprint density at radius 2 is 1.24 bits per heavy atom. The number of hydrogen-bond acceptors (Lipinski definition) is 3. The Hall–Kier alpha value is -1.22. The second-order valence-corrected chi connectivity index (χ2v) is 8.35. The minimum atomic E-state index is 0.0458. The van der Waals surface area contributed by atoms with Crippen LogP contribution in [0.2, 0.25) is 0 Å². The van der Waals surface area contributed by atoms with Crippen LogP contribution in [0, 0.1) is 5.92 Å². The Morgan fingerprint density at radius 1 is 0.759 bits per heavy atom. The molecule has 0 heterocycles. The smallest absolute Gasteiger partial charge is 0.308 e. The van der Waals surface area contributed by atoms with E-state index in [1.54, 1.807) is 0 Å². The quantitative estimate of drug-likeness (QED) is 0.0590. The van der Waals surface area contributed by atoms with Crippen LogP contribution in [0.3, 0.4) is 0 Å². The summed E-state index contributed by atoms with van der Waals surface area (Å²) in [6.07, 6.45) is 21.0. The van der Waals surface area contributed by atoms with Crippen LogP contribution in [-0.4, -0.2) is 19.1 Å². The lowest BCUT2D eigenvalue weighted by atomic mass is 9.94. The van der Waals surface area contributed by atoms with E-state index in [1.165, 1.54) is 51.4 Å². The molecule has 5 nitrogen and oxygen atoms in total. The fourth-order valence-electron chi connectivity index (χ4n) is 3.70. The minimum absolute atomic E-state index is 0.0458. The van der Waals surface area contributed by atoms with Crippen molar-refractivity contribution >= 4 is 5.97 Å². The molecule has 0 bridgehead atoms. The molecule has 1 atom stereocenters. The van der Waals surface area contributed by atoms with Crippen molar-refractivity contribution in [2.75, 3.05) is 13.2 Å². The molecule has 0 radical (unpaired) electrons. The number of rotatable bonds is 22. The van der Waals surface area contributed by atoms with Crippen LogP contribution >= 0.6 is 0 Å². The Kier molecular flexibility index (Phi) is 22.1. The van der Waals surface area contributed by atoms with Crippen molar-refractivity contribution in [3.05, 3.63) is 10.4 Å². The van der Waals surface area contributed by atoms with Gasteiger partial charge in [0, 0.05) is 11.5 Å². The first-order valence-corrected chi connectivity index (χ1v) is 12.4. The van der Waals surface area contributed by atoms with Crippen LogP contribution in [0.15, 0.2) is 5.11 Å². The molecule has 29 heavy (non-hydrogen) atoms. The molecule has 0 rings (SSSR count). The number of hydrogen-bond donors (Lipinski definition) is 0. The van der Waals surface area contributed by atoms with Gasteiger partial charge in [-0.25, -0.2) is 0 Å². The summed E-state index contributed by atoms with van der Waals surface area (Å²) in [5.74, 6) is 0.156. The van der Waals surface area contributed by atoms with Crippen molar-refractivity contribution in [3.8, 4) is 0 Å². The molecule has 0 aromatic heterocycles. The van der Waals surface area contributed by atoms with E-state index in [-0.39, 0.29) is 11.9 Å². The molecular formula is C24H47N3O2. The van der Waals surface area contributed by atoms with Crippen molar-refractivity contribution in [2.24, 2.45) is 11.0 Å². The van der Waals surface area contributed by atoms with E-state index < -0.39 is 0 Å². The molecule has 0 aliphatic rings. The van der Waals surface area contributed by atoms with Crippen molar-refractivity contribution in [1.82, 2.24) is 0 Å². The molecule has 0 aromatic rings. The summed E-state index contributed by atoms with van der Waals surface area (Å²) in [5.41, 5.74) is 8.23. The Bertz CT molecular complexity index is 409. The first-order valence-electron chi connectivity index (χ1n) is 12.4. The Labute approximate surface area is 180 Å². The van der Waals surface area contributed by atoms with Gasteiger partial charge in [0.2, 0.25) is 0 Å². The standard InChI is InChI=1S/C24H47N3O2/c1-3-5-7-9-12-16-20-23(19-15-8-6-4-2)24(28)29-22-18-14-11-10-13-17-21-26-27-25/h23H,3-22H2,1-2H3. The number of unbranched alkanes of at least 4 members (excludes halogenated alkanes) is 13. The van der Waals surface area contributed by atoms with E-state index in [4.69, 9.17) is 10.3 Å². The van der Waals surface area contributed by atoms with Gasteiger partial charge < -0.3 is 4.74 Å². The molecule has 0 aromatic carbocycles. The summed E-state index contributed by atoms with van der Waals surface area (Å²) in [4.78, 5) is 15.3. The zero-order chi connectivity index (χ0) is 21.4. The van der Waals surface area contributed by atoms with Gasteiger partial charge in [0.15, 0.2) is 0 Å². The zero-order valence-electron chi connectivity index (χ0n) is 19.4. The number of carbonyl (C=O) groups excluding carboxylic acids is 1. The molecule has 0 amide bonds. The van der Waals surface area contributed by atoms with Crippen LogP contribution in [0.1, 0.15) is 129 Å². The van der Waals surface area contributed by atoms with Crippen molar-refractivity contribution < 1.29 is 9.53 Å². The SMILES string of the molecule is CCCCCCCCC(CCCCCC)C(=O)OCCCCCCCCN=[N+]=[N-]. The number of nitrogens with zero attached hydrogens (tertiary/aromatic N) is 3. The predicted octanol–water partition coefficient (Wildman–Crippen LogP) is 8.52. The molecule has 0 aliphatic heterocycles. The third kappa shape index (κ3) is 19.9. The van der Waals surface area contributed by atoms with Crippen molar-refractivity contribution in [1.29, 1.82) is 0 Å². The summed E-state index contributed by atoms with van der Waals surface area (Å²) >= 11 is 0. The number of carbonyl (C=O) groups is 1. The summed E-state index contributed by atoms with van der Waals surface area (Å²) < 4.78 is 5.62. The van der Waals surface area contributed by atoms with Gasteiger partial charge in [0.25, 0.3) is 0 Å². The van der Waals surface area contributed by atoms with Gasteiger partial charge in [-0.05, 0) is 31.2 Å². The highest BCUT2D eigenvalue weighted by Gasteiger charge is 2.19. The van der Waals surface area contributed by atoms with E-state index in [2.05, 4.69) is 23.9 Å². The van der Waals surface area contributed by atoms with Crippen LogP contribution in [0.4, 0.5) is 0 Å². The molecular weight excluding hydrogens is 362 g/mol. The van der Waals surface area contributed by atoms with Gasteiger partial charge in [-0.15, -0.1) is 0 Å². The average Bonchev–Trinajstić information content (AvgIpc) is 2.73. The van der Waals surface area contributed by atoms with Crippen LogP contribution < -0.4 is 0 Å². The summed E-state index contributed by atoms with van der Waals surface area (Å²) in [5, 5.41) is 3.55. The molecule has 0 aliphatic carbocycles. The van der Waals surface area contributed by atoms with Gasteiger partial charge in [-0.3, -0.25) is 4.79 Å². The monoisotopic (exact) mass is 409 g/mol. The fourth-order valence-corrected chi connectivity index (χ4v) is 3.70. The first-order chi connectivity index (χ1) is 14.3.